The quantitative estimate of drug-likeness (QED) is 0.845. The average Bonchev–Trinajstić information content (AvgIpc) is 2.85. The van der Waals surface area contributed by atoms with Crippen LogP contribution in [0.1, 0.15) is 38.2 Å². The molecule has 1 aromatic rings. The normalized spacial score (nSPS) is 16.6. The molecule has 0 bridgehead atoms. The lowest BCUT2D eigenvalue weighted by Gasteiger charge is -2.28. The van der Waals surface area contributed by atoms with Crippen LogP contribution in [-0.2, 0) is 6.54 Å². The molecule has 0 radical (unpaired) electrons. The highest BCUT2D eigenvalue weighted by molar-refractivity contribution is 5.40. The molecule has 0 saturated heterocycles. The van der Waals surface area contributed by atoms with Crippen molar-refractivity contribution in [1.29, 1.82) is 0 Å². The molecule has 0 amide bonds. The Morgan fingerprint density at radius 1 is 1.38 bits per heavy atom. The summed E-state index contributed by atoms with van der Waals surface area (Å²) in [7, 11) is 0. The van der Waals surface area contributed by atoms with Crippen LogP contribution in [0.15, 0.2) is 18.3 Å². The Morgan fingerprint density at radius 3 is 2.62 bits per heavy atom. The molecule has 0 aromatic carbocycles. The van der Waals surface area contributed by atoms with Crippen LogP contribution in [0.4, 0.5) is 5.82 Å². The Kier molecular flexibility index (Phi) is 3.78. The molecule has 1 heterocycles. The Hall–Kier alpha value is -1.09. The molecule has 0 aliphatic heterocycles. The van der Waals surface area contributed by atoms with Crippen molar-refractivity contribution in [3.63, 3.8) is 0 Å². The molecule has 3 nitrogen and oxygen atoms in total. The van der Waals surface area contributed by atoms with Gasteiger partial charge in [0.05, 0.1) is 0 Å². The number of hydrogen-bond donors (Lipinski definition) is 1. The summed E-state index contributed by atoms with van der Waals surface area (Å²) in [6, 6.07) is 4.88. The zero-order chi connectivity index (χ0) is 11.4. The second-order valence-corrected chi connectivity index (χ2v) is 4.45. The van der Waals surface area contributed by atoms with Crippen LogP contribution < -0.4 is 10.6 Å². The fraction of sp³-hybridized carbons (Fsp3) is 0.615. The molecule has 2 rings (SSSR count). The van der Waals surface area contributed by atoms with Gasteiger partial charge in [0.1, 0.15) is 5.82 Å². The van der Waals surface area contributed by atoms with Crippen molar-refractivity contribution in [2.75, 3.05) is 11.4 Å². The van der Waals surface area contributed by atoms with E-state index in [0.29, 0.717) is 12.6 Å². The van der Waals surface area contributed by atoms with E-state index in [1.807, 2.05) is 6.20 Å². The van der Waals surface area contributed by atoms with Crippen molar-refractivity contribution in [3.05, 3.63) is 23.9 Å². The first kappa shape index (κ1) is 11.4. The minimum absolute atomic E-state index is 0.572. The molecular formula is C13H21N3. The van der Waals surface area contributed by atoms with Gasteiger partial charge in [-0.15, -0.1) is 0 Å². The third-order valence-corrected chi connectivity index (χ3v) is 3.45. The molecule has 1 fully saturated rings. The van der Waals surface area contributed by atoms with E-state index < -0.39 is 0 Å². The summed E-state index contributed by atoms with van der Waals surface area (Å²) in [4.78, 5) is 6.94. The maximum atomic E-state index is 5.58. The smallest absolute Gasteiger partial charge is 0.128 e. The number of hydrogen-bond acceptors (Lipinski definition) is 3. The molecule has 0 spiro atoms. The number of aromatic nitrogens is 1. The van der Waals surface area contributed by atoms with E-state index >= 15 is 0 Å². The molecule has 3 heteroatoms. The van der Waals surface area contributed by atoms with Gasteiger partial charge in [0.15, 0.2) is 0 Å². The second kappa shape index (κ2) is 5.30. The number of anilines is 1. The Bertz CT molecular complexity index is 314. The van der Waals surface area contributed by atoms with Crippen LogP contribution in [0, 0.1) is 0 Å². The van der Waals surface area contributed by atoms with E-state index in [0.717, 1.165) is 17.9 Å². The standard InChI is InChI=1S/C13H21N3/c1-2-16(12-5-3-4-6-12)13-8-7-11(9-14)10-15-13/h7-8,10,12H,2-6,9,14H2,1H3. The average molecular weight is 219 g/mol. The SMILES string of the molecule is CCN(c1ccc(CN)cn1)C1CCCC1. The van der Waals surface area contributed by atoms with Crippen molar-refractivity contribution in [3.8, 4) is 0 Å². The Morgan fingerprint density at radius 2 is 2.12 bits per heavy atom. The van der Waals surface area contributed by atoms with Gasteiger partial charge in [-0.1, -0.05) is 18.9 Å². The topological polar surface area (TPSA) is 42.1 Å². The van der Waals surface area contributed by atoms with Crippen molar-refractivity contribution in [2.45, 2.75) is 45.2 Å². The van der Waals surface area contributed by atoms with Gasteiger partial charge in [0.25, 0.3) is 0 Å². The van der Waals surface area contributed by atoms with Gasteiger partial charge in [-0.2, -0.15) is 0 Å². The molecule has 1 aliphatic carbocycles. The van der Waals surface area contributed by atoms with E-state index in [2.05, 4.69) is 28.9 Å². The number of rotatable bonds is 4. The van der Waals surface area contributed by atoms with Crippen molar-refractivity contribution in [1.82, 2.24) is 4.98 Å². The lowest BCUT2D eigenvalue weighted by atomic mass is 10.2. The molecule has 88 valence electrons. The third kappa shape index (κ3) is 2.35. The predicted octanol–water partition coefficient (Wildman–Crippen LogP) is 2.31. The van der Waals surface area contributed by atoms with E-state index in [-0.39, 0.29) is 0 Å². The third-order valence-electron chi connectivity index (χ3n) is 3.45. The van der Waals surface area contributed by atoms with Crippen LogP contribution in [0.25, 0.3) is 0 Å². The van der Waals surface area contributed by atoms with Gasteiger partial charge >= 0.3 is 0 Å². The number of pyridine rings is 1. The van der Waals surface area contributed by atoms with Crippen molar-refractivity contribution < 1.29 is 0 Å². The van der Waals surface area contributed by atoms with Gasteiger partial charge in [-0.05, 0) is 31.4 Å². The lowest BCUT2D eigenvalue weighted by Crippen LogP contribution is -2.33. The van der Waals surface area contributed by atoms with Crippen molar-refractivity contribution in [2.24, 2.45) is 5.73 Å². The molecule has 2 N–H and O–H groups in total. The molecule has 0 atom stereocenters. The fourth-order valence-corrected chi connectivity index (χ4v) is 2.53. The summed E-state index contributed by atoms with van der Waals surface area (Å²) >= 11 is 0. The highest BCUT2D eigenvalue weighted by Crippen LogP contribution is 2.26. The largest absolute Gasteiger partial charge is 0.354 e. The molecular weight excluding hydrogens is 198 g/mol. The molecule has 0 unspecified atom stereocenters. The van der Waals surface area contributed by atoms with Crippen LogP contribution in [0.3, 0.4) is 0 Å². The lowest BCUT2D eigenvalue weighted by molar-refractivity contribution is 0.613. The maximum Gasteiger partial charge on any atom is 0.128 e. The fourth-order valence-electron chi connectivity index (χ4n) is 2.53. The number of nitrogens with two attached hydrogens (primary N) is 1. The summed E-state index contributed by atoms with van der Waals surface area (Å²) in [6.07, 6.45) is 7.25. The highest BCUT2D eigenvalue weighted by Gasteiger charge is 2.22. The summed E-state index contributed by atoms with van der Waals surface area (Å²) in [6.45, 7) is 3.82. The summed E-state index contributed by atoms with van der Waals surface area (Å²) in [5.41, 5.74) is 6.68. The predicted molar refractivity (Wildman–Crippen MR) is 67.4 cm³/mol. The first-order valence-electron chi connectivity index (χ1n) is 6.26. The summed E-state index contributed by atoms with van der Waals surface area (Å²) < 4.78 is 0. The first-order valence-corrected chi connectivity index (χ1v) is 6.26. The van der Waals surface area contributed by atoms with E-state index in [1.165, 1.54) is 25.7 Å². The first-order chi connectivity index (χ1) is 7.85. The monoisotopic (exact) mass is 219 g/mol. The molecule has 16 heavy (non-hydrogen) atoms. The van der Waals surface area contributed by atoms with Crippen LogP contribution in [-0.4, -0.2) is 17.6 Å². The van der Waals surface area contributed by atoms with Crippen LogP contribution in [0.2, 0.25) is 0 Å². The zero-order valence-electron chi connectivity index (χ0n) is 10.0. The number of nitrogens with zero attached hydrogens (tertiary/aromatic N) is 2. The van der Waals surface area contributed by atoms with Gasteiger partial charge in [-0.25, -0.2) is 4.98 Å². The zero-order valence-corrected chi connectivity index (χ0v) is 10.0. The van der Waals surface area contributed by atoms with Crippen LogP contribution in [0.5, 0.6) is 0 Å². The van der Waals surface area contributed by atoms with E-state index in [4.69, 9.17) is 5.73 Å². The minimum atomic E-state index is 0.572. The Labute approximate surface area is 97.7 Å². The van der Waals surface area contributed by atoms with Gasteiger partial charge in [0, 0.05) is 25.3 Å². The highest BCUT2D eigenvalue weighted by atomic mass is 15.2. The van der Waals surface area contributed by atoms with Crippen molar-refractivity contribution >= 4 is 5.82 Å². The van der Waals surface area contributed by atoms with Gasteiger partial charge < -0.3 is 10.6 Å². The molecule has 1 aromatic heterocycles. The summed E-state index contributed by atoms with van der Waals surface area (Å²) in [5, 5.41) is 0. The van der Waals surface area contributed by atoms with Crippen LogP contribution >= 0.6 is 0 Å². The second-order valence-electron chi connectivity index (χ2n) is 4.45. The maximum absolute atomic E-state index is 5.58. The van der Waals surface area contributed by atoms with Gasteiger partial charge in [-0.3, -0.25) is 0 Å². The van der Waals surface area contributed by atoms with E-state index in [9.17, 15) is 0 Å². The Balaban J connectivity index is 2.12. The van der Waals surface area contributed by atoms with E-state index in [1.54, 1.807) is 0 Å². The van der Waals surface area contributed by atoms with Gasteiger partial charge in [0.2, 0.25) is 0 Å². The molecule has 1 aliphatic rings. The molecule has 1 saturated carbocycles. The minimum Gasteiger partial charge on any atom is -0.354 e. The summed E-state index contributed by atoms with van der Waals surface area (Å²) in [5.74, 6) is 1.10.